The number of amides is 1. The number of carbonyl (C=O) groups is 1. The average Bonchev–Trinajstić information content (AvgIpc) is 3.18. The molecule has 2 aromatic rings. The second-order valence-electron chi connectivity index (χ2n) is 4.94. The molecule has 1 fully saturated rings. The number of thiazole rings is 1. The first-order chi connectivity index (χ1) is 10.7. The molecule has 0 bridgehead atoms. The first kappa shape index (κ1) is 15.3. The molecule has 1 unspecified atom stereocenters. The van der Waals surface area contributed by atoms with Gasteiger partial charge >= 0.3 is 0 Å². The van der Waals surface area contributed by atoms with Crippen LogP contribution in [0.3, 0.4) is 0 Å². The van der Waals surface area contributed by atoms with E-state index in [0.717, 1.165) is 17.7 Å². The number of anilines is 1. The van der Waals surface area contributed by atoms with Gasteiger partial charge < -0.3 is 14.8 Å². The molecule has 0 saturated carbocycles. The molecule has 1 N–H and O–H groups in total. The van der Waals surface area contributed by atoms with E-state index in [9.17, 15) is 4.79 Å². The van der Waals surface area contributed by atoms with Crippen molar-refractivity contribution in [2.45, 2.75) is 6.42 Å². The molecular weight excluding hydrogens is 324 g/mol. The fourth-order valence-corrected chi connectivity index (χ4v) is 3.22. The smallest absolute Gasteiger partial charge is 0.231 e. The molecule has 0 aliphatic carbocycles. The minimum absolute atomic E-state index is 0.0360. The van der Waals surface area contributed by atoms with E-state index >= 15 is 0 Å². The second-order valence-corrected chi connectivity index (χ2v) is 6.20. The Kier molecular flexibility index (Phi) is 4.61. The molecule has 0 spiro atoms. The summed E-state index contributed by atoms with van der Waals surface area (Å²) in [6, 6.07) is 5.48. The van der Waals surface area contributed by atoms with Crippen LogP contribution in [-0.2, 0) is 9.53 Å². The maximum atomic E-state index is 12.0. The summed E-state index contributed by atoms with van der Waals surface area (Å²) in [7, 11) is 1.57. The van der Waals surface area contributed by atoms with Crippen molar-refractivity contribution in [3.05, 3.63) is 28.6 Å². The number of carbonyl (C=O) groups excluding carboxylic acids is 1. The van der Waals surface area contributed by atoms with Crippen LogP contribution in [0.4, 0.5) is 5.13 Å². The summed E-state index contributed by atoms with van der Waals surface area (Å²) in [5, 5.41) is 5.84. The highest BCUT2D eigenvalue weighted by Crippen LogP contribution is 2.32. The van der Waals surface area contributed by atoms with Crippen LogP contribution in [0.15, 0.2) is 23.6 Å². The number of benzene rings is 1. The predicted molar refractivity (Wildman–Crippen MR) is 86.7 cm³/mol. The van der Waals surface area contributed by atoms with Crippen molar-refractivity contribution in [3.63, 3.8) is 0 Å². The Morgan fingerprint density at radius 1 is 1.55 bits per heavy atom. The van der Waals surface area contributed by atoms with Crippen LogP contribution in [0, 0.1) is 5.92 Å². The van der Waals surface area contributed by atoms with Crippen molar-refractivity contribution in [2.24, 2.45) is 5.92 Å². The summed E-state index contributed by atoms with van der Waals surface area (Å²) in [5.41, 5.74) is 1.65. The van der Waals surface area contributed by atoms with E-state index in [1.165, 1.54) is 11.3 Å². The lowest BCUT2D eigenvalue weighted by molar-refractivity contribution is -0.119. The highest BCUT2D eigenvalue weighted by Gasteiger charge is 2.24. The maximum Gasteiger partial charge on any atom is 0.231 e. The predicted octanol–water partition coefficient (Wildman–Crippen LogP) is 3.45. The fraction of sp³-hybridized carbons (Fsp3) is 0.333. The molecule has 1 amide bonds. The van der Waals surface area contributed by atoms with Gasteiger partial charge in [-0.25, -0.2) is 4.98 Å². The number of nitrogens with one attached hydrogen (secondary N) is 1. The van der Waals surface area contributed by atoms with Gasteiger partial charge in [0, 0.05) is 17.6 Å². The zero-order chi connectivity index (χ0) is 15.5. The average molecular weight is 339 g/mol. The molecule has 1 aliphatic heterocycles. The number of nitrogens with zero attached hydrogens (tertiary/aromatic N) is 1. The van der Waals surface area contributed by atoms with Crippen LogP contribution < -0.4 is 10.1 Å². The quantitative estimate of drug-likeness (QED) is 0.927. The van der Waals surface area contributed by atoms with E-state index in [2.05, 4.69) is 10.3 Å². The summed E-state index contributed by atoms with van der Waals surface area (Å²) in [4.78, 5) is 16.5. The Labute approximate surface area is 137 Å². The Morgan fingerprint density at radius 2 is 2.41 bits per heavy atom. The van der Waals surface area contributed by atoms with Gasteiger partial charge in [-0.3, -0.25) is 4.79 Å². The van der Waals surface area contributed by atoms with Gasteiger partial charge in [-0.05, 0) is 24.6 Å². The highest BCUT2D eigenvalue weighted by atomic mass is 35.5. The summed E-state index contributed by atoms with van der Waals surface area (Å²) < 4.78 is 10.4. The molecule has 7 heteroatoms. The molecule has 0 radical (unpaired) electrons. The summed E-state index contributed by atoms with van der Waals surface area (Å²) in [6.07, 6.45) is 0.762. The van der Waals surface area contributed by atoms with Crippen molar-refractivity contribution in [3.8, 4) is 17.0 Å². The number of ether oxygens (including phenoxy) is 2. The van der Waals surface area contributed by atoms with Gasteiger partial charge in [0.25, 0.3) is 0 Å². The van der Waals surface area contributed by atoms with Crippen molar-refractivity contribution in [1.82, 2.24) is 4.98 Å². The van der Waals surface area contributed by atoms with E-state index in [1.807, 2.05) is 11.4 Å². The molecule has 1 aliphatic rings. The maximum absolute atomic E-state index is 12.0. The second kappa shape index (κ2) is 6.64. The molecule has 1 atom stereocenters. The number of hydrogen-bond acceptors (Lipinski definition) is 5. The van der Waals surface area contributed by atoms with E-state index in [1.54, 1.807) is 19.2 Å². The summed E-state index contributed by atoms with van der Waals surface area (Å²) >= 11 is 7.51. The largest absolute Gasteiger partial charge is 0.495 e. The van der Waals surface area contributed by atoms with E-state index < -0.39 is 0 Å². The Hall–Kier alpha value is -1.63. The molecule has 5 nitrogen and oxygen atoms in total. The number of halogens is 1. The van der Waals surface area contributed by atoms with Gasteiger partial charge in [-0.1, -0.05) is 11.6 Å². The SMILES string of the molecule is COc1ccc(-c2csc(NC(=O)C3CCOC3)n2)cc1Cl. The minimum atomic E-state index is -0.0808. The molecule has 22 heavy (non-hydrogen) atoms. The Bertz CT molecular complexity index is 683. The summed E-state index contributed by atoms with van der Waals surface area (Å²) in [5.74, 6) is 0.504. The number of aromatic nitrogens is 1. The van der Waals surface area contributed by atoms with Crippen molar-refractivity contribution in [2.75, 3.05) is 25.6 Å². The van der Waals surface area contributed by atoms with E-state index in [4.69, 9.17) is 21.1 Å². The molecule has 1 aromatic carbocycles. The lowest BCUT2D eigenvalue weighted by Crippen LogP contribution is -2.22. The molecule has 2 heterocycles. The number of methoxy groups -OCH3 is 1. The molecule has 116 valence electrons. The third-order valence-electron chi connectivity index (χ3n) is 3.48. The van der Waals surface area contributed by atoms with Gasteiger partial charge in [0.2, 0.25) is 5.91 Å². The highest BCUT2D eigenvalue weighted by molar-refractivity contribution is 7.14. The number of rotatable bonds is 4. The van der Waals surface area contributed by atoms with Crippen molar-refractivity contribution >= 4 is 34.0 Å². The third-order valence-corrected chi connectivity index (χ3v) is 4.54. The normalized spacial score (nSPS) is 17.5. The fourth-order valence-electron chi connectivity index (χ4n) is 2.24. The standard InChI is InChI=1S/C15H15ClN2O3S/c1-20-13-3-2-9(6-11(13)16)12-8-22-15(17-12)18-14(19)10-4-5-21-7-10/h2-3,6,8,10H,4-5,7H2,1H3,(H,17,18,19). The van der Waals surface area contributed by atoms with E-state index in [-0.39, 0.29) is 11.8 Å². The lowest BCUT2D eigenvalue weighted by atomic mass is 10.1. The van der Waals surface area contributed by atoms with Crippen LogP contribution in [0.2, 0.25) is 5.02 Å². The lowest BCUT2D eigenvalue weighted by Gasteiger charge is -2.06. The summed E-state index contributed by atoms with van der Waals surface area (Å²) in [6.45, 7) is 1.13. The van der Waals surface area contributed by atoms with Gasteiger partial charge in [0.1, 0.15) is 5.75 Å². The van der Waals surface area contributed by atoms with Crippen LogP contribution in [-0.4, -0.2) is 31.2 Å². The van der Waals surface area contributed by atoms with Crippen LogP contribution >= 0.6 is 22.9 Å². The molecule has 3 rings (SSSR count). The monoisotopic (exact) mass is 338 g/mol. The Morgan fingerprint density at radius 3 is 3.09 bits per heavy atom. The van der Waals surface area contributed by atoms with Crippen molar-refractivity contribution in [1.29, 1.82) is 0 Å². The van der Waals surface area contributed by atoms with Crippen molar-refractivity contribution < 1.29 is 14.3 Å². The first-order valence-corrected chi connectivity index (χ1v) is 8.11. The van der Waals surface area contributed by atoms with E-state index in [0.29, 0.717) is 29.1 Å². The zero-order valence-electron chi connectivity index (χ0n) is 12.0. The van der Waals surface area contributed by atoms with Crippen LogP contribution in [0.25, 0.3) is 11.3 Å². The molecular formula is C15H15ClN2O3S. The first-order valence-electron chi connectivity index (χ1n) is 6.85. The Balaban J connectivity index is 1.73. The van der Waals surface area contributed by atoms with Crippen LogP contribution in [0.5, 0.6) is 5.75 Å². The van der Waals surface area contributed by atoms with Gasteiger partial charge in [-0.2, -0.15) is 0 Å². The van der Waals surface area contributed by atoms with Gasteiger partial charge in [0.05, 0.1) is 30.4 Å². The van der Waals surface area contributed by atoms with Gasteiger partial charge in [-0.15, -0.1) is 11.3 Å². The molecule has 1 aromatic heterocycles. The van der Waals surface area contributed by atoms with Crippen LogP contribution in [0.1, 0.15) is 6.42 Å². The molecule has 1 saturated heterocycles. The zero-order valence-corrected chi connectivity index (χ0v) is 13.5. The number of hydrogen-bond donors (Lipinski definition) is 1. The topological polar surface area (TPSA) is 60.5 Å². The minimum Gasteiger partial charge on any atom is -0.495 e. The van der Waals surface area contributed by atoms with Gasteiger partial charge in [0.15, 0.2) is 5.13 Å². The third kappa shape index (κ3) is 3.24.